The van der Waals surface area contributed by atoms with Gasteiger partial charge in [0.25, 0.3) is 5.91 Å². The average molecular weight is 629 g/mol. The molecular weight excluding hydrogens is 593 g/mol. The van der Waals surface area contributed by atoms with Crippen molar-refractivity contribution in [3.63, 3.8) is 0 Å². The van der Waals surface area contributed by atoms with E-state index < -0.39 is 50.1 Å². The van der Waals surface area contributed by atoms with Gasteiger partial charge in [0.15, 0.2) is 0 Å². The Labute approximate surface area is 226 Å². The van der Waals surface area contributed by atoms with Gasteiger partial charge in [-0.1, -0.05) is 26.8 Å². The number of carbonyl (C=O) groups is 2. The molecule has 1 aromatic carbocycles. The van der Waals surface area contributed by atoms with Crippen LogP contribution in [0.3, 0.4) is 0 Å². The average Bonchev–Trinajstić information content (AvgIpc) is 2.87. The van der Waals surface area contributed by atoms with E-state index in [1.54, 1.807) is 26.1 Å². The number of alkyl halides is 1. The van der Waals surface area contributed by atoms with Crippen LogP contribution in [0, 0.1) is 11.7 Å². The number of carbonyl (C=O) groups excluding carboxylic acids is 2. The quantitative estimate of drug-likeness (QED) is 0.439. The molecule has 0 spiro atoms. The number of benzene rings is 1. The van der Waals surface area contributed by atoms with E-state index in [1.807, 2.05) is 4.01 Å². The lowest BCUT2D eigenvalue weighted by Crippen LogP contribution is -2.50. The van der Waals surface area contributed by atoms with E-state index in [9.17, 15) is 18.4 Å². The predicted molar refractivity (Wildman–Crippen MR) is 149 cm³/mol. The maximum absolute atomic E-state index is 15.0. The number of aliphatic imine (C=N–C) groups is 1. The second-order valence-corrected chi connectivity index (χ2v) is 12.8. The molecule has 10 heteroatoms. The van der Waals surface area contributed by atoms with Gasteiger partial charge in [0, 0.05) is 22.7 Å². The van der Waals surface area contributed by atoms with Crippen LogP contribution in [0.15, 0.2) is 35.2 Å². The summed E-state index contributed by atoms with van der Waals surface area (Å²) in [6.45, 7) is 6.45. The fourth-order valence-corrected chi connectivity index (χ4v) is 6.93. The van der Waals surface area contributed by atoms with Crippen molar-refractivity contribution in [3.05, 3.63) is 47.1 Å². The summed E-state index contributed by atoms with van der Waals surface area (Å²) < 4.78 is 37.7. The van der Waals surface area contributed by atoms with Crippen molar-refractivity contribution in [2.24, 2.45) is 16.6 Å². The minimum absolute atomic E-state index is 0.0591. The van der Waals surface area contributed by atoms with E-state index in [-0.39, 0.29) is 5.56 Å². The summed E-state index contributed by atoms with van der Waals surface area (Å²) in [5.74, 6) is -0.521. The fourth-order valence-electron chi connectivity index (χ4n) is 4.99. The van der Waals surface area contributed by atoms with Crippen molar-refractivity contribution in [2.45, 2.75) is 57.7 Å². The number of hydrogen-bond acceptors (Lipinski definition) is 5. The van der Waals surface area contributed by atoms with E-state index in [0.717, 1.165) is 48.3 Å². The first-order valence-corrected chi connectivity index (χ1v) is 15.1. The molecule has 2 fully saturated rings. The highest BCUT2D eigenvalue weighted by Gasteiger charge is 2.32. The van der Waals surface area contributed by atoms with Gasteiger partial charge < -0.3 is 20.3 Å². The number of allylic oxidation sites excluding steroid dienone is 1. The number of halogens is 3. The molecule has 0 bridgehead atoms. The SMILES string of the molecule is CC(C)(F)CN1CCC(COC2=CN=C(c3ccc(C(=O)N4CCCC[C@@H]4C(N)=O)c(F)c3)I=C2)CC1. The van der Waals surface area contributed by atoms with Crippen LogP contribution < -0.4 is 5.73 Å². The number of ether oxygens (including phenoxy) is 1. The smallest absolute Gasteiger partial charge is 0.257 e. The third-order valence-electron chi connectivity index (χ3n) is 6.89. The van der Waals surface area contributed by atoms with Gasteiger partial charge in [-0.05, 0) is 77.1 Å². The minimum atomic E-state index is -1.18. The Bertz CT molecular complexity index is 1110. The number of rotatable bonds is 8. The normalized spacial score (nSPS) is 21.6. The van der Waals surface area contributed by atoms with Gasteiger partial charge >= 0.3 is 0 Å². The first kappa shape index (κ1) is 27.8. The van der Waals surface area contributed by atoms with Crippen molar-refractivity contribution in [1.29, 1.82) is 0 Å². The van der Waals surface area contributed by atoms with Crippen LogP contribution >= 0.6 is 20.7 Å². The number of nitrogens with zero attached hydrogens (tertiary/aromatic N) is 3. The molecule has 0 unspecified atom stereocenters. The first-order valence-electron chi connectivity index (χ1n) is 12.8. The molecule has 4 rings (SSSR count). The fraction of sp³-hybridized carbons (Fsp3) is 0.556. The molecule has 1 atom stereocenters. The summed E-state index contributed by atoms with van der Waals surface area (Å²) in [7, 11) is 0. The van der Waals surface area contributed by atoms with Gasteiger partial charge in [0.1, 0.15) is 27.0 Å². The van der Waals surface area contributed by atoms with Crippen molar-refractivity contribution >= 4 is 40.3 Å². The number of likely N-dealkylation sites (tertiary alicyclic amines) is 2. The zero-order valence-electron chi connectivity index (χ0n) is 21.4. The lowest BCUT2D eigenvalue weighted by molar-refractivity contribution is -0.123. The zero-order valence-corrected chi connectivity index (χ0v) is 23.5. The van der Waals surface area contributed by atoms with Crippen molar-refractivity contribution in [2.75, 3.05) is 32.8 Å². The van der Waals surface area contributed by atoms with Crippen LogP contribution in [0.4, 0.5) is 8.78 Å². The highest BCUT2D eigenvalue weighted by Crippen LogP contribution is 2.25. The van der Waals surface area contributed by atoms with Gasteiger partial charge in [0.2, 0.25) is 5.91 Å². The van der Waals surface area contributed by atoms with Gasteiger partial charge in [-0.3, -0.25) is 9.59 Å². The molecule has 3 aliphatic heterocycles. The van der Waals surface area contributed by atoms with E-state index >= 15 is 0 Å². The second-order valence-electron chi connectivity index (χ2n) is 10.5. The van der Waals surface area contributed by atoms with E-state index in [1.165, 1.54) is 17.0 Å². The van der Waals surface area contributed by atoms with Crippen LogP contribution in [0.25, 0.3) is 0 Å². The Morgan fingerprint density at radius 2 is 1.95 bits per heavy atom. The molecule has 0 saturated carbocycles. The molecule has 37 heavy (non-hydrogen) atoms. The molecule has 7 nitrogen and oxygen atoms in total. The molecule has 202 valence electrons. The van der Waals surface area contributed by atoms with E-state index in [0.29, 0.717) is 37.6 Å². The molecule has 0 aliphatic carbocycles. The Kier molecular flexibility index (Phi) is 9.10. The van der Waals surface area contributed by atoms with Crippen molar-refractivity contribution < 1.29 is 23.1 Å². The van der Waals surface area contributed by atoms with Gasteiger partial charge in [-0.25, -0.2) is 13.8 Å². The standard InChI is InChI=1S/C27H35F2IN4O3/c1-27(2,29)17-33-11-8-18(9-12-33)16-37-20-14-30-24(32-15-20)19-6-7-21(22(28)13-19)26(36)34-10-4-3-5-23(34)25(31)35/h6-7,13-15,18,23H,3-5,8-12,16-17H2,1-2H3,(H2,31,35)/t23-/m1/s1. The largest absolute Gasteiger partial charge is 0.491 e. The highest BCUT2D eigenvalue weighted by atomic mass is 127. The lowest BCUT2D eigenvalue weighted by Gasteiger charge is -2.34. The maximum Gasteiger partial charge on any atom is 0.257 e. The topological polar surface area (TPSA) is 88.2 Å². The van der Waals surface area contributed by atoms with Crippen LogP contribution in [-0.2, 0) is 9.53 Å². The summed E-state index contributed by atoms with van der Waals surface area (Å²) in [5, 5.41) is 0. The van der Waals surface area contributed by atoms with E-state index in [4.69, 9.17) is 10.5 Å². The Morgan fingerprint density at radius 3 is 2.57 bits per heavy atom. The number of hydrogen-bond donors (Lipinski definition) is 1. The molecule has 2 amide bonds. The zero-order chi connectivity index (χ0) is 26.6. The van der Waals surface area contributed by atoms with Crippen molar-refractivity contribution in [1.82, 2.24) is 9.80 Å². The monoisotopic (exact) mass is 628 g/mol. The maximum atomic E-state index is 15.0. The molecule has 2 N–H and O–H groups in total. The summed E-state index contributed by atoms with van der Waals surface area (Å²) in [5.41, 5.74) is 4.87. The first-order chi connectivity index (χ1) is 17.6. The summed E-state index contributed by atoms with van der Waals surface area (Å²) in [6, 6.07) is 3.83. The van der Waals surface area contributed by atoms with Gasteiger partial charge in [-0.2, -0.15) is 0 Å². The Balaban J connectivity index is 1.32. The van der Waals surface area contributed by atoms with Gasteiger partial charge in [0.05, 0.1) is 18.4 Å². The molecular formula is C27H35F2IN4O3. The Morgan fingerprint density at radius 1 is 1.19 bits per heavy atom. The number of nitrogens with two attached hydrogens (primary N) is 1. The van der Waals surface area contributed by atoms with Crippen LogP contribution in [0.2, 0.25) is 0 Å². The Hall–Kier alpha value is -2.21. The molecule has 2 saturated heterocycles. The third-order valence-corrected chi connectivity index (χ3v) is 9.31. The summed E-state index contributed by atoms with van der Waals surface area (Å²) in [6.07, 6.45) is 5.71. The van der Waals surface area contributed by atoms with Crippen LogP contribution in [-0.4, -0.2) is 73.8 Å². The lowest BCUT2D eigenvalue weighted by atomic mass is 9.97. The highest BCUT2D eigenvalue weighted by molar-refractivity contribution is 14.2. The number of piperidine rings is 2. The molecule has 0 radical (unpaired) electrons. The molecule has 1 aromatic rings. The van der Waals surface area contributed by atoms with Crippen LogP contribution in [0.5, 0.6) is 0 Å². The minimum Gasteiger partial charge on any atom is -0.491 e. The predicted octanol–water partition coefficient (Wildman–Crippen LogP) is 4.16. The van der Waals surface area contributed by atoms with Crippen LogP contribution in [0.1, 0.15) is 61.9 Å². The van der Waals surface area contributed by atoms with Crippen molar-refractivity contribution in [3.8, 4) is 0 Å². The number of primary amides is 1. The third kappa shape index (κ3) is 7.43. The van der Waals surface area contributed by atoms with Gasteiger partial charge in [-0.15, -0.1) is 0 Å². The number of amides is 2. The summed E-state index contributed by atoms with van der Waals surface area (Å²) in [4.78, 5) is 32.8. The molecule has 3 aliphatic rings. The second kappa shape index (κ2) is 12.1. The van der Waals surface area contributed by atoms with E-state index in [2.05, 4.69) is 9.89 Å². The molecule has 3 heterocycles. The molecule has 0 aromatic heterocycles. The summed E-state index contributed by atoms with van der Waals surface area (Å²) >= 11 is -0.634.